The van der Waals surface area contributed by atoms with Gasteiger partial charge >= 0.3 is 0 Å². The van der Waals surface area contributed by atoms with Crippen molar-refractivity contribution in [1.29, 1.82) is 0 Å². The molecule has 1 aliphatic heterocycles. The summed E-state index contributed by atoms with van der Waals surface area (Å²) in [7, 11) is 0. The molecule has 1 aromatic heterocycles. The van der Waals surface area contributed by atoms with E-state index in [0.29, 0.717) is 36.8 Å². The van der Waals surface area contributed by atoms with Crippen LogP contribution in [0, 0.1) is 6.92 Å². The van der Waals surface area contributed by atoms with E-state index in [0.717, 1.165) is 29.8 Å². The standard InChI is InChI=1S/C22H23ClN4O2/c1-16-22(29)27(20-8-3-2-7-19(20)24-16)10-9-21(28)26-13-11-25(12-14-26)18-6-4-5-17(23)15-18/h2-8,15H,9-14H2,1H3. The zero-order valence-corrected chi connectivity index (χ0v) is 17.1. The summed E-state index contributed by atoms with van der Waals surface area (Å²) in [6.07, 6.45) is 0.296. The number of benzene rings is 2. The van der Waals surface area contributed by atoms with E-state index in [-0.39, 0.29) is 11.5 Å². The average molecular weight is 411 g/mol. The summed E-state index contributed by atoms with van der Waals surface area (Å²) in [6, 6.07) is 15.3. The first-order chi connectivity index (χ1) is 14.0. The molecule has 4 rings (SSSR count). The Bertz CT molecular complexity index is 1100. The quantitative estimate of drug-likeness (QED) is 0.663. The molecule has 0 saturated carbocycles. The van der Waals surface area contributed by atoms with Gasteiger partial charge < -0.3 is 14.4 Å². The van der Waals surface area contributed by atoms with Gasteiger partial charge in [-0.25, -0.2) is 4.98 Å². The van der Waals surface area contributed by atoms with Crippen LogP contribution in [0.2, 0.25) is 5.02 Å². The number of aromatic nitrogens is 2. The molecule has 0 N–H and O–H groups in total. The Morgan fingerprint density at radius 1 is 1.07 bits per heavy atom. The highest BCUT2D eigenvalue weighted by Gasteiger charge is 2.21. The number of rotatable bonds is 4. The van der Waals surface area contributed by atoms with Crippen molar-refractivity contribution in [2.45, 2.75) is 19.9 Å². The first kappa shape index (κ1) is 19.5. The first-order valence-corrected chi connectivity index (χ1v) is 10.2. The topological polar surface area (TPSA) is 58.4 Å². The Labute approximate surface area is 174 Å². The van der Waals surface area contributed by atoms with Crippen molar-refractivity contribution in [1.82, 2.24) is 14.5 Å². The lowest BCUT2D eigenvalue weighted by molar-refractivity contribution is -0.131. The minimum absolute atomic E-state index is 0.0705. The number of halogens is 1. The summed E-state index contributed by atoms with van der Waals surface area (Å²) in [4.78, 5) is 33.8. The van der Waals surface area contributed by atoms with Crippen LogP contribution in [-0.2, 0) is 11.3 Å². The maximum Gasteiger partial charge on any atom is 0.272 e. The highest BCUT2D eigenvalue weighted by Crippen LogP contribution is 2.21. The number of para-hydroxylation sites is 2. The molecule has 6 nitrogen and oxygen atoms in total. The summed E-state index contributed by atoms with van der Waals surface area (Å²) in [6.45, 7) is 4.93. The Kier molecular flexibility index (Phi) is 5.53. The van der Waals surface area contributed by atoms with Crippen LogP contribution in [0.4, 0.5) is 5.69 Å². The van der Waals surface area contributed by atoms with Crippen LogP contribution in [0.1, 0.15) is 12.1 Å². The van der Waals surface area contributed by atoms with Gasteiger partial charge in [-0.3, -0.25) is 9.59 Å². The number of carbonyl (C=O) groups is 1. The lowest BCUT2D eigenvalue weighted by Crippen LogP contribution is -2.49. The van der Waals surface area contributed by atoms with E-state index in [1.54, 1.807) is 11.5 Å². The number of hydrogen-bond acceptors (Lipinski definition) is 4. The minimum atomic E-state index is -0.137. The minimum Gasteiger partial charge on any atom is -0.368 e. The summed E-state index contributed by atoms with van der Waals surface area (Å²) >= 11 is 6.08. The second-order valence-electron chi connectivity index (χ2n) is 7.24. The van der Waals surface area contributed by atoms with Crippen LogP contribution in [0.3, 0.4) is 0 Å². The van der Waals surface area contributed by atoms with Gasteiger partial charge in [-0.1, -0.05) is 29.8 Å². The summed E-state index contributed by atoms with van der Waals surface area (Å²) in [5, 5.41) is 0.714. The third-order valence-electron chi connectivity index (χ3n) is 5.37. The predicted octanol–water partition coefficient (Wildman–Crippen LogP) is 3.10. The molecule has 150 valence electrons. The molecule has 29 heavy (non-hydrogen) atoms. The fourth-order valence-electron chi connectivity index (χ4n) is 3.79. The molecule has 1 saturated heterocycles. The van der Waals surface area contributed by atoms with Crippen molar-refractivity contribution in [3.05, 3.63) is 69.6 Å². The molecular formula is C22H23ClN4O2. The predicted molar refractivity (Wildman–Crippen MR) is 116 cm³/mol. The van der Waals surface area contributed by atoms with Crippen LogP contribution in [0.15, 0.2) is 53.3 Å². The largest absolute Gasteiger partial charge is 0.368 e. The van der Waals surface area contributed by atoms with E-state index < -0.39 is 0 Å². The molecule has 1 aliphatic rings. The number of hydrogen-bond donors (Lipinski definition) is 0. The second-order valence-corrected chi connectivity index (χ2v) is 7.68. The summed E-state index contributed by atoms with van der Waals surface area (Å²) < 4.78 is 1.66. The van der Waals surface area contributed by atoms with Gasteiger partial charge in [-0.05, 0) is 37.3 Å². The van der Waals surface area contributed by atoms with Gasteiger partial charge in [-0.15, -0.1) is 0 Å². The second kappa shape index (κ2) is 8.25. The Morgan fingerprint density at radius 2 is 1.83 bits per heavy atom. The Balaban J connectivity index is 1.41. The monoisotopic (exact) mass is 410 g/mol. The number of aryl methyl sites for hydroxylation is 2. The smallest absolute Gasteiger partial charge is 0.272 e. The fraction of sp³-hybridized carbons (Fsp3) is 0.318. The van der Waals surface area contributed by atoms with Gasteiger partial charge in [0.2, 0.25) is 5.91 Å². The lowest BCUT2D eigenvalue weighted by atomic mass is 10.2. The molecule has 2 heterocycles. The van der Waals surface area contributed by atoms with E-state index in [1.807, 2.05) is 53.4 Å². The van der Waals surface area contributed by atoms with Gasteiger partial charge in [0.25, 0.3) is 5.56 Å². The molecule has 1 fully saturated rings. The Hall–Kier alpha value is -2.86. The van der Waals surface area contributed by atoms with Gasteiger partial charge in [-0.2, -0.15) is 0 Å². The number of piperazine rings is 1. The summed E-state index contributed by atoms with van der Waals surface area (Å²) in [5.74, 6) is 0.0705. The van der Waals surface area contributed by atoms with Gasteiger partial charge in [0, 0.05) is 49.9 Å². The third-order valence-corrected chi connectivity index (χ3v) is 5.61. The van der Waals surface area contributed by atoms with Gasteiger partial charge in [0.15, 0.2) is 0 Å². The van der Waals surface area contributed by atoms with E-state index in [2.05, 4.69) is 9.88 Å². The molecule has 7 heteroatoms. The van der Waals surface area contributed by atoms with Crippen LogP contribution in [0.5, 0.6) is 0 Å². The van der Waals surface area contributed by atoms with E-state index in [4.69, 9.17) is 11.6 Å². The van der Waals surface area contributed by atoms with Gasteiger partial charge in [0.05, 0.1) is 11.0 Å². The van der Waals surface area contributed by atoms with Crippen LogP contribution >= 0.6 is 11.6 Å². The maximum absolute atomic E-state index is 12.8. The zero-order valence-electron chi connectivity index (χ0n) is 16.3. The number of carbonyl (C=O) groups excluding carboxylic acids is 1. The van der Waals surface area contributed by atoms with Crippen molar-refractivity contribution in [2.75, 3.05) is 31.1 Å². The van der Waals surface area contributed by atoms with E-state index >= 15 is 0 Å². The van der Waals surface area contributed by atoms with Crippen molar-refractivity contribution >= 4 is 34.2 Å². The molecule has 0 atom stereocenters. The molecule has 1 amide bonds. The van der Waals surface area contributed by atoms with E-state index in [9.17, 15) is 9.59 Å². The molecular weight excluding hydrogens is 388 g/mol. The Morgan fingerprint density at radius 3 is 2.59 bits per heavy atom. The molecule has 2 aromatic carbocycles. The highest BCUT2D eigenvalue weighted by molar-refractivity contribution is 6.30. The number of nitrogens with zero attached hydrogens (tertiary/aromatic N) is 4. The van der Waals surface area contributed by atoms with Crippen LogP contribution < -0.4 is 10.5 Å². The highest BCUT2D eigenvalue weighted by atomic mass is 35.5. The average Bonchev–Trinajstić information content (AvgIpc) is 2.74. The van der Waals surface area contributed by atoms with E-state index in [1.165, 1.54) is 0 Å². The van der Waals surface area contributed by atoms with Gasteiger partial charge in [0.1, 0.15) is 5.69 Å². The maximum atomic E-state index is 12.8. The summed E-state index contributed by atoms with van der Waals surface area (Å²) in [5.41, 5.74) is 2.93. The molecule has 0 unspecified atom stereocenters. The molecule has 3 aromatic rings. The number of anilines is 1. The number of amides is 1. The van der Waals surface area contributed by atoms with Crippen molar-refractivity contribution in [3.8, 4) is 0 Å². The number of fused-ring (bicyclic) bond motifs is 1. The van der Waals surface area contributed by atoms with Crippen molar-refractivity contribution in [2.24, 2.45) is 0 Å². The first-order valence-electron chi connectivity index (χ1n) is 9.77. The SMILES string of the molecule is Cc1nc2ccccc2n(CCC(=O)N2CCN(c3cccc(Cl)c3)CC2)c1=O. The lowest BCUT2D eigenvalue weighted by Gasteiger charge is -2.36. The molecule has 0 aliphatic carbocycles. The van der Waals surface area contributed by atoms with Crippen molar-refractivity contribution in [3.63, 3.8) is 0 Å². The van der Waals surface area contributed by atoms with Crippen molar-refractivity contribution < 1.29 is 4.79 Å². The molecule has 0 bridgehead atoms. The normalized spacial score (nSPS) is 14.4. The zero-order chi connectivity index (χ0) is 20.4. The fourth-order valence-corrected chi connectivity index (χ4v) is 3.98. The molecule has 0 spiro atoms. The van der Waals surface area contributed by atoms with Crippen LogP contribution in [0.25, 0.3) is 11.0 Å². The third kappa shape index (κ3) is 4.12. The molecule has 0 radical (unpaired) electrons. The van der Waals surface area contributed by atoms with Crippen LogP contribution in [-0.4, -0.2) is 46.5 Å².